The number of carbonyl (C=O) groups is 1. The molecule has 1 aromatic heterocycles. The fourth-order valence-electron chi connectivity index (χ4n) is 1.49. The zero-order valence-corrected chi connectivity index (χ0v) is 8.73. The topological polar surface area (TPSA) is 74.4 Å². The summed E-state index contributed by atoms with van der Waals surface area (Å²) in [4.78, 5) is 26.6. The summed E-state index contributed by atoms with van der Waals surface area (Å²) < 4.78 is 5.04. The summed E-state index contributed by atoms with van der Waals surface area (Å²) in [5.41, 5.74) is -0.286. The Kier molecular flexibility index (Phi) is 3.21. The van der Waals surface area contributed by atoms with Crippen molar-refractivity contribution in [2.45, 2.75) is 0 Å². The summed E-state index contributed by atoms with van der Waals surface area (Å²) in [6.07, 6.45) is -0.427. The molecule has 1 fully saturated rings. The van der Waals surface area contributed by atoms with Crippen LogP contribution in [0, 0.1) is 0 Å². The average molecular weight is 223 g/mol. The molecular weight excluding hydrogens is 210 g/mol. The van der Waals surface area contributed by atoms with Crippen LogP contribution in [0.3, 0.4) is 0 Å². The van der Waals surface area contributed by atoms with Crippen LogP contribution in [-0.4, -0.2) is 42.2 Å². The van der Waals surface area contributed by atoms with E-state index < -0.39 is 6.09 Å². The van der Waals surface area contributed by atoms with Crippen molar-refractivity contribution in [1.29, 1.82) is 0 Å². The molecular formula is C10H13N3O3. The number of nitrogens with one attached hydrogen (secondary N) is 2. The second-order valence-corrected chi connectivity index (χ2v) is 3.48. The molecule has 0 atom stereocenters. The number of ether oxygens (including phenoxy) is 1. The first-order chi connectivity index (χ1) is 7.75. The van der Waals surface area contributed by atoms with Crippen molar-refractivity contribution in [3.8, 4) is 5.88 Å². The van der Waals surface area contributed by atoms with Gasteiger partial charge in [-0.25, -0.2) is 4.79 Å². The zero-order valence-electron chi connectivity index (χ0n) is 8.73. The van der Waals surface area contributed by atoms with Gasteiger partial charge in [0.25, 0.3) is 5.56 Å². The monoisotopic (exact) mass is 223 g/mol. The van der Waals surface area contributed by atoms with Gasteiger partial charge in [0, 0.05) is 32.2 Å². The van der Waals surface area contributed by atoms with Gasteiger partial charge in [-0.3, -0.25) is 9.78 Å². The van der Waals surface area contributed by atoms with Gasteiger partial charge in [0.05, 0.1) is 0 Å². The number of nitrogens with zero attached hydrogens (tertiary/aromatic N) is 1. The largest absolute Gasteiger partial charge is 0.416 e. The molecule has 0 unspecified atom stereocenters. The Bertz CT molecular complexity index is 423. The lowest BCUT2D eigenvalue weighted by molar-refractivity contribution is 0.144. The summed E-state index contributed by atoms with van der Waals surface area (Å²) >= 11 is 0. The highest BCUT2D eigenvalue weighted by molar-refractivity contribution is 5.70. The number of piperazine rings is 1. The first-order valence-corrected chi connectivity index (χ1v) is 5.12. The lowest BCUT2D eigenvalue weighted by Crippen LogP contribution is -2.47. The van der Waals surface area contributed by atoms with E-state index in [9.17, 15) is 9.59 Å². The fourth-order valence-corrected chi connectivity index (χ4v) is 1.49. The number of pyridine rings is 1. The van der Waals surface area contributed by atoms with Crippen LogP contribution in [0.1, 0.15) is 0 Å². The van der Waals surface area contributed by atoms with Crippen molar-refractivity contribution in [2.24, 2.45) is 0 Å². The van der Waals surface area contributed by atoms with Gasteiger partial charge in [-0.05, 0) is 6.07 Å². The minimum absolute atomic E-state index is 0.177. The maximum absolute atomic E-state index is 11.6. The third kappa shape index (κ3) is 2.60. The summed E-state index contributed by atoms with van der Waals surface area (Å²) in [6, 6.07) is 4.45. The van der Waals surface area contributed by atoms with Crippen molar-refractivity contribution in [1.82, 2.24) is 15.2 Å². The summed E-state index contributed by atoms with van der Waals surface area (Å²) in [6.45, 7) is 2.77. The van der Waals surface area contributed by atoms with Crippen molar-refractivity contribution in [2.75, 3.05) is 26.2 Å². The van der Waals surface area contributed by atoms with Crippen LogP contribution in [0.15, 0.2) is 23.0 Å². The van der Waals surface area contributed by atoms with Gasteiger partial charge in [0.2, 0.25) is 5.88 Å². The first kappa shape index (κ1) is 10.7. The minimum Gasteiger partial charge on any atom is -0.393 e. The van der Waals surface area contributed by atoms with Crippen LogP contribution in [0.4, 0.5) is 4.79 Å². The molecule has 1 saturated heterocycles. The molecule has 6 heteroatoms. The molecule has 0 radical (unpaired) electrons. The number of H-pyrrole nitrogens is 1. The van der Waals surface area contributed by atoms with E-state index in [1.165, 1.54) is 6.07 Å². The number of rotatable bonds is 1. The average Bonchev–Trinajstić information content (AvgIpc) is 2.30. The summed E-state index contributed by atoms with van der Waals surface area (Å²) in [5.74, 6) is 0.177. The Morgan fingerprint density at radius 3 is 2.75 bits per heavy atom. The predicted octanol–water partition coefficient (Wildman–Crippen LogP) is -0.221. The standard InChI is InChI=1S/C10H13N3O3/c14-8-2-1-3-9(12-8)16-10(15)13-6-4-11-5-7-13/h1-3,11H,4-7H2,(H,12,14). The molecule has 1 aliphatic rings. The van der Waals surface area contributed by atoms with Crippen LogP contribution in [-0.2, 0) is 0 Å². The maximum Gasteiger partial charge on any atom is 0.416 e. The molecule has 0 aliphatic carbocycles. The quantitative estimate of drug-likeness (QED) is 0.690. The molecule has 0 saturated carbocycles. The van der Waals surface area contributed by atoms with Gasteiger partial charge in [0.1, 0.15) is 0 Å². The van der Waals surface area contributed by atoms with Crippen LogP contribution >= 0.6 is 0 Å². The zero-order chi connectivity index (χ0) is 11.4. The highest BCUT2D eigenvalue weighted by Gasteiger charge is 2.18. The molecule has 2 rings (SSSR count). The smallest absolute Gasteiger partial charge is 0.393 e. The summed E-state index contributed by atoms with van der Waals surface area (Å²) in [7, 11) is 0. The van der Waals surface area contributed by atoms with Crippen LogP contribution in [0.2, 0.25) is 0 Å². The highest BCUT2D eigenvalue weighted by Crippen LogP contribution is 2.04. The number of carbonyl (C=O) groups excluding carboxylic acids is 1. The van der Waals surface area contributed by atoms with Gasteiger partial charge >= 0.3 is 6.09 Å². The summed E-state index contributed by atoms with van der Waals surface area (Å²) in [5, 5.41) is 3.14. The Morgan fingerprint density at radius 1 is 1.31 bits per heavy atom. The van der Waals surface area contributed by atoms with Crippen LogP contribution < -0.4 is 15.6 Å². The third-order valence-corrected chi connectivity index (χ3v) is 2.31. The van der Waals surface area contributed by atoms with Gasteiger partial charge in [0.15, 0.2) is 0 Å². The number of aromatic amines is 1. The lowest BCUT2D eigenvalue weighted by atomic mass is 10.4. The molecule has 6 nitrogen and oxygen atoms in total. The minimum atomic E-state index is -0.427. The number of hydrogen-bond acceptors (Lipinski definition) is 4. The van der Waals surface area contributed by atoms with Gasteiger partial charge in [-0.1, -0.05) is 6.07 Å². The van der Waals surface area contributed by atoms with Crippen LogP contribution in [0.5, 0.6) is 5.88 Å². The number of hydrogen-bond donors (Lipinski definition) is 2. The van der Waals surface area contributed by atoms with Crippen molar-refractivity contribution in [3.05, 3.63) is 28.6 Å². The van der Waals surface area contributed by atoms with E-state index in [1.54, 1.807) is 17.0 Å². The Morgan fingerprint density at radius 2 is 2.06 bits per heavy atom. The van der Waals surface area contributed by atoms with E-state index in [1.807, 2.05) is 0 Å². The number of amides is 1. The second kappa shape index (κ2) is 4.80. The van der Waals surface area contributed by atoms with Crippen LogP contribution in [0.25, 0.3) is 0 Å². The second-order valence-electron chi connectivity index (χ2n) is 3.48. The lowest BCUT2D eigenvalue weighted by Gasteiger charge is -2.26. The van der Waals surface area contributed by atoms with Gasteiger partial charge in [-0.15, -0.1) is 0 Å². The molecule has 0 bridgehead atoms. The molecule has 2 N–H and O–H groups in total. The number of aromatic nitrogens is 1. The third-order valence-electron chi connectivity index (χ3n) is 2.31. The molecule has 16 heavy (non-hydrogen) atoms. The molecule has 1 aliphatic heterocycles. The maximum atomic E-state index is 11.6. The van der Waals surface area contributed by atoms with Gasteiger partial charge in [-0.2, -0.15) is 0 Å². The first-order valence-electron chi connectivity index (χ1n) is 5.12. The van der Waals surface area contributed by atoms with Crippen molar-refractivity contribution in [3.63, 3.8) is 0 Å². The van der Waals surface area contributed by atoms with Crippen molar-refractivity contribution < 1.29 is 9.53 Å². The molecule has 0 spiro atoms. The van der Waals surface area contributed by atoms with E-state index >= 15 is 0 Å². The van der Waals surface area contributed by atoms with E-state index in [0.717, 1.165) is 13.1 Å². The van der Waals surface area contributed by atoms with E-state index in [-0.39, 0.29) is 11.4 Å². The Balaban J connectivity index is 1.98. The highest BCUT2D eigenvalue weighted by atomic mass is 16.6. The Hall–Kier alpha value is -1.82. The molecule has 0 aromatic carbocycles. The Labute approximate surface area is 92.2 Å². The molecule has 86 valence electrons. The molecule has 1 aromatic rings. The van der Waals surface area contributed by atoms with Gasteiger partial charge < -0.3 is 15.0 Å². The molecule has 2 heterocycles. The van der Waals surface area contributed by atoms with Crippen molar-refractivity contribution >= 4 is 6.09 Å². The fraction of sp³-hybridized carbons (Fsp3) is 0.400. The van der Waals surface area contributed by atoms with E-state index in [4.69, 9.17) is 4.74 Å². The van der Waals surface area contributed by atoms with E-state index in [0.29, 0.717) is 13.1 Å². The van der Waals surface area contributed by atoms with E-state index in [2.05, 4.69) is 10.3 Å². The molecule has 1 amide bonds. The normalized spacial score (nSPS) is 15.9. The SMILES string of the molecule is O=C(Oc1cccc(=O)[nH]1)N1CCNCC1. The predicted molar refractivity (Wildman–Crippen MR) is 57.5 cm³/mol.